The number of ketones is 1. The van der Waals surface area contributed by atoms with E-state index < -0.39 is 17.5 Å². The van der Waals surface area contributed by atoms with E-state index in [1.807, 2.05) is 60.7 Å². The van der Waals surface area contributed by atoms with Gasteiger partial charge in [0.05, 0.1) is 24.4 Å². The van der Waals surface area contributed by atoms with Gasteiger partial charge in [-0.15, -0.1) is 0 Å². The maximum Gasteiger partial charge on any atom is 0.325 e. The summed E-state index contributed by atoms with van der Waals surface area (Å²) in [6.07, 6.45) is 0.307. The first-order valence-corrected chi connectivity index (χ1v) is 11.1. The Morgan fingerprint density at radius 2 is 1.68 bits per heavy atom. The Kier molecular flexibility index (Phi) is 4.52. The fourth-order valence-corrected chi connectivity index (χ4v) is 4.99. The lowest BCUT2D eigenvalue weighted by molar-refractivity contribution is -0.132. The normalized spacial score (nSPS) is 19.2. The Hall–Kier alpha value is -4.39. The van der Waals surface area contributed by atoms with Gasteiger partial charge >= 0.3 is 6.03 Å². The van der Waals surface area contributed by atoms with Gasteiger partial charge in [-0.3, -0.25) is 14.5 Å². The van der Waals surface area contributed by atoms with E-state index in [1.54, 1.807) is 18.2 Å². The zero-order valence-corrected chi connectivity index (χ0v) is 18.2. The van der Waals surface area contributed by atoms with Gasteiger partial charge in [0.25, 0.3) is 5.91 Å². The molecule has 7 nitrogen and oxygen atoms in total. The summed E-state index contributed by atoms with van der Waals surface area (Å²) < 4.78 is 5.69. The van der Waals surface area contributed by atoms with Crippen molar-refractivity contribution in [3.8, 4) is 17.0 Å². The average Bonchev–Trinajstić information content (AvgIpc) is 3.37. The molecule has 0 saturated carbocycles. The minimum Gasteiger partial charge on any atom is -0.493 e. The molecule has 1 atom stereocenters. The molecular formula is C27H21N3O4. The molecule has 2 aliphatic rings. The van der Waals surface area contributed by atoms with Crippen LogP contribution in [0.15, 0.2) is 78.9 Å². The van der Waals surface area contributed by atoms with Crippen molar-refractivity contribution in [2.75, 3.05) is 13.2 Å². The highest BCUT2D eigenvalue weighted by molar-refractivity contribution is 6.17. The second-order valence-corrected chi connectivity index (χ2v) is 8.53. The number of H-pyrrole nitrogens is 1. The molecule has 0 aliphatic carbocycles. The summed E-state index contributed by atoms with van der Waals surface area (Å²) in [4.78, 5) is 44.6. The van der Waals surface area contributed by atoms with Crippen LogP contribution in [0.25, 0.3) is 22.2 Å². The van der Waals surface area contributed by atoms with E-state index in [-0.39, 0.29) is 12.3 Å². The lowest BCUT2D eigenvalue weighted by atomic mass is 9.84. The van der Waals surface area contributed by atoms with Gasteiger partial charge in [-0.2, -0.15) is 0 Å². The number of benzene rings is 3. The topological polar surface area (TPSA) is 91.5 Å². The maximum absolute atomic E-state index is 13.7. The Bertz CT molecular complexity index is 1460. The predicted molar refractivity (Wildman–Crippen MR) is 127 cm³/mol. The quantitative estimate of drug-likeness (QED) is 0.359. The fourth-order valence-electron chi connectivity index (χ4n) is 4.99. The van der Waals surface area contributed by atoms with Crippen molar-refractivity contribution in [2.24, 2.45) is 0 Å². The highest BCUT2D eigenvalue weighted by atomic mass is 16.5. The summed E-state index contributed by atoms with van der Waals surface area (Å²) in [5.41, 5.74) is 2.22. The minimum atomic E-state index is -1.21. The number of nitrogens with one attached hydrogen (secondary N) is 2. The van der Waals surface area contributed by atoms with E-state index in [1.165, 1.54) is 0 Å². The number of amides is 3. The summed E-state index contributed by atoms with van der Waals surface area (Å²) in [6, 6.07) is 23.7. The summed E-state index contributed by atoms with van der Waals surface area (Å²) in [5, 5.41) is 3.61. The molecule has 6 rings (SSSR count). The first kappa shape index (κ1) is 20.2. The molecule has 2 aliphatic heterocycles. The number of hydrogen-bond donors (Lipinski definition) is 2. The number of ether oxygens (including phenoxy) is 1. The summed E-state index contributed by atoms with van der Waals surface area (Å²) >= 11 is 0. The smallest absolute Gasteiger partial charge is 0.325 e. The van der Waals surface area contributed by atoms with Crippen molar-refractivity contribution in [3.63, 3.8) is 0 Å². The molecule has 1 saturated heterocycles. The van der Waals surface area contributed by atoms with E-state index in [4.69, 9.17) is 4.74 Å². The van der Waals surface area contributed by atoms with Gasteiger partial charge in [0.15, 0.2) is 11.3 Å². The number of para-hydroxylation sites is 2. The number of rotatable bonds is 4. The Labute approximate surface area is 195 Å². The molecule has 2 N–H and O–H groups in total. The van der Waals surface area contributed by atoms with Gasteiger partial charge in [0.2, 0.25) is 0 Å². The van der Waals surface area contributed by atoms with Gasteiger partial charge in [-0.25, -0.2) is 4.79 Å². The van der Waals surface area contributed by atoms with Crippen molar-refractivity contribution in [2.45, 2.75) is 12.0 Å². The van der Waals surface area contributed by atoms with E-state index in [9.17, 15) is 14.4 Å². The monoisotopic (exact) mass is 451 g/mol. The van der Waals surface area contributed by atoms with Crippen LogP contribution in [0, 0.1) is 0 Å². The van der Waals surface area contributed by atoms with Crippen LogP contribution in [-0.2, 0) is 10.3 Å². The fraction of sp³-hybridized carbons (Fsp3) is 0.148. The van der Waals surface area contributed by atoms with E-state index >= 15 is 0 Å². The molecule has 7 heteroatoms. The Balaban J connectivity index is 1.39. The molecular weight excluding hydrogens is 430 g/mol. The van der Waals surface area contributed by atoms with Crippen molar-refractivity contribution >= 4 is 28.6 Å². The van der Waals surface area contributed by atoms with Gasteiger partial charge < -0.3 is 15.0 Å². The van der Waals surface area contributed by atoms with Crippen LogP contribution in [-0.4, -0.2) is 40.8 Å². The van der Waals surface area contributed by atoms with Crippen molar-refractivity contribution in [3.05, 3.63) is 90.0 Å². The number of aromatic amines is 1. The van der Waals surface area contributed by atoms with Gasteiger partial charge in [-0.05, 0) is 17.7 Å². The predicted octanol–water partition coefficient (Wildman–Crippen LogP) is 4.25. The van der Waals surface area contributed by atoms with Crippen LogP contribution in [0.1, 0.15) is 22.3 Å². The van der Waals surface area contributed by atoms with E-state index in [0.29, 0.717) is 35.6 Å². The van der Waals surface area contributed by atoms with E-state index in [2.05, 4.69) is 10.3 Å². The Morgan fingerprint density at radius 3 is 2.53 bits per heavy atom. The number of carbonyl (C=O) groups is 3. The number of imide groups is 1. The standard InChI is InChI=1S/C27H21N3O4/c31-21(23-18-10-4-6-12-20(18)28-24(23)17-8-2-1-3-9-17)16-30-25(32)27(29-26(30)33)14-15-34-22-13-7-5-11-19(22)27/h1-13,28H,14-16H2,(H,29,33). The van der Waals surface area contributed by atoms with Crippen LogP contribution < -0.4 is 10.1 Å². The molecule has 3 heterocycles. The third-order valence-electron chi connectivity index (χ3n) is 6.61. The van der Waals surface area contributed by atoms with Gasteiger partial charge in [-0.1, -0.05) is 66.7 Å². The van der Waals surface area contributed by atoms with Crippen LogP contribution in [0.3, 0.4) is 0 Å². The minimum absolute atomic E-state index is 0.297. The highest BCUT2D eigenvalue weighted by Gasteiger charge is 2.55. The van der Waals surface area contributed by atoms with Crippen LogP contribution in [0.4, 0.5) is 4.79 Å². The number of Topliss-reactive ketones (excluding diaryl/α,β-unsaturated/α-hetero) is 1. The van der Waals surface area contributed by atoms with Gasteiger partial charge in [0, 0.05) is 22.9 Å². The summed E-state index contributed by atoms with van der Waals surface area (Å²) in [5.74, 6) is -0.168. The number of aromatic nitrogens is 1. The third-order valence-corrected chi connectivity index (χ3v) is 6.61. The molecule has 4 aromatic rings. The average molecular weight is 451 g/mol. The van der Waals surface area contributed by atoms with Crippen molar-refractivity contribution < 1.29 is 19.1 Å². The maximum atomic E-state index is 13.7. The second kappa shape index (κ2) is 7.59. The molecule has 3 aromatic carbocycles. The molecule has 1 fully saturated rings. The largest absolute Gasteiger partial charge is 0.493 e. The molecule has 0 radical (unpaired) electrons. The van der Waals surface area contributed by atoms with Crippen molar-refractivity contribution in [1.29, 1.82) is 0 Å². The molecule has 1 unspecified atom stereocenters. The lowest BCUT2D eigenvalue weighted by Crippen LogP contribution is -2.47. The summed E-state index contributed by atoms with van der Waals surface area (Å²) in [7, 11) is 0. The third kappa shape index (κ3) is 2.94. The van der Waals surface area contributed by atoms with Crippen LogP contribution >= 0.6 is 0 Å². The first-order valence-electron chi connectivity index (χ1n) is 11.1. The number of fused-ring (bicyclic) bond motifs is 3. The molecule has 34 heavy (non-hydrogen) atoms. The second-order valence-electron chi connectivity index (χ2n) is 8.53. The van der Waals surface area contributed by atoms with Gasteiger partial charge in [0.1, 0.15) is 5.75 Å². The van der Waals surface area contributed by atoms with Crippen LogP contribution in [0.5, 0.6) is 5.75 Å². The molecule has 0 bridgehead atoms. The number of hydrogen-bond acceptors (Lipinski definition) is 4. The molecule has 1 aromatic heterocycles. The Morgan fingerprint density at radius 1 is 0.941 bits per heavy atom. The number of urea groups is 1. The molecule has 1 spiro atoms. The van der Waals surface area contributed by atoms with Crippen molar-refractivity contribution in [1.82, 2.24) is 15.2 Å². The van der Waals surface area contributed by atoms with Crippen LogP contribution in [0.2, 0.25) is 0 Å². The molecule has 3 amide bonds. The zero-order chi connectivity index (χ0) is 23.3. The van der Waals surface area contributed by atoms with E-state index in [0.717, 1.165) is 21.4 Å². The summed E-state index contributed by atoms with van der Waals surface area (Å²) in [6.45, 7) is -0.0530. The lowest BCUT2D eigenvalue weighted by Gasteiger charge is -2.33. The first-order chi connectivity index (χ1) is 16.6. The number of carbonyl (C=O) groups excluding carboxylic acids is 3. The number of nitrogens with zero attached hydrogens (tertiary/aromatic N) is 1. The SMILES string of the molecule is O=C(CN1C(=O)NC2(CCOc3ccccc32)C1=O)c1c(-c2ccccc2)[nH]c2ccccc12. The molecule has 168 valence electrons. The highest BCUT2D eigenvalue weighted by Crippen LogP contribution is 2.41. The zero-order valence-electron chi connectivity index (χ0n) is 18.2.